The molecule has 0 atom stereocenters. The van der Waals surface area contributed by atoms with Crippen molar-refractivity contribution in [2.75, 3.05) is 18.5 Å². The third kappa shape index (κ3) is 3.10. The van der Waals surface area contributed by atoms with E-state index in [9.17, 15) is 0 Å². The maximum atomic E-state index is 8.81. The van der Waals surface area contributed by atoms with E-state index >= 15 is 0 Å². The number of nitrogens with one attached hydrogen (secondary N) is 2. The van der Waals surface area contributed by atoms with Crippen LogP contribution in [0.5, 0.6) is 11.6 Å². The fraction of sp³-hybridized carbons (Fsp3) is 0.440. The third-order valence-corrected chi connectivity index (χ3v) is 7.55. The number of anilines is 1. The second kappa shape index (κ2) is 7.03. The molecule has 2 bridgehead atoms. The van der Waals surface area contributed by atoms with Crippen molar-refractivity contribution in [3.63, 3.8) is 0 Å². The highest BCUT2D eigenvalue weighted by Gasteiger charge is 2.71. The van der Waals surface area contributed by atoms with Crippen LogP contribution in [0.15, 0.2) is 18.2 Å². The van der Waals surface area contributed by atoms with Gasteiger partial charge in [0.25, 0.3) is 0 Å². The molecule has 2 N–H and O–H groups in total. The normalized spacial score (nSPS) is 25.9. The predicted octanol–water partition coefficient (Wildman–Crippen LogP) is 4.59. The number of nitriles is 1. The van der Waals surface area contributed by atoms with E-state index in [1.165, 1.54) is 6.08 Å². The lowest BCUT2D eigenvalue weighted by molar-refractivity contribution is -0.228. The van der Waals surface area contributed by atoms with Crippen LogP contribution < -0.4 is 10.1 Å². The van der Waals surface area contributed by atoms with Gasteiger partial charge in [-0.15, -0.1) is 0 Å². The molecule has 0 radical (unpaired) electrons. The van der Waals surface area contributed by atoms with Crippen LogP contribution in [0.1, 0.15) is 41.6 Å². The monoisotopic (exact) mass is 442 g/mol. The summed E-state index contributed by atoms with van der Waals surface area (Å²) in [6.45, 7) is 7.74. The Hall–Kier alpha value is -3.44. The Morgan fingerprint density at radius 3 is 2.55 bits per heavy atom. The molecule has 4 aliphatic rings. The minimum absolute atomic E-state index is 0.0934. The number of rotatable bonds is 6. The number of fused-ring (bicyclic) bond motifs is 1. The molecule has 8 nitrogen and oxygen atoms in total. The van der Waals surface area contributed by atoms with Crippen LogP contribution in [0.4, 0.5) is 5.95 Å². The highest BCUT2D eigenvalue weighted by Crippen LogP contribution is 2.72. The van der Waals surface area contributed by atoms with Crippen LogP contribution in [-0.2, 0) is 4.74 Å². The molecule has 8 heteroatoms. The average molecular weight is 443 g/mol. The van der Waals surface area contributed by atoms with Crippen LogP contribution in [0.2, 0.25) is 0 Å². The first-order chi connectivity index (χ1) is 15.9. The second-order valence-electron chi connectivity index (χ2n) is 9.97. The van der Waals surface area contributed by atoms with Gasteiger partial charge in [-0.25, -0.2) is 0 Å². The van der Waals surface area contributed by atoms with Crippen LogP contribution in [0, 0.1) is 43.4 Å². The largest absolute Gasteiger partial charge is 0.437 e. The number of H-pyrrole nitrogens is 1. The van der Waals surface area contributed by atoms with Gasteiger partial charge >= 0.3 is 0 Å². The van der Waals surface area contributed by atoms with Gasteiger partial charge in [-0.3, -0.25) is 5.10 Å². The lowest BCUT2D eigenvalue weighted by Gasteiger charge is -2.74. The molecule has 33 heavy (non-hydrogen) atoms. The number of hydrogen-bond acceptors (Lipinski definition) is 7. The maximum Gasteiger partial charge on any atom is 0.235 e. The third-order valence-electron chi connectivity index (χ3n) is 7.55. The molecule has 4 fully saturated rings. The summed E-state index contributed by atoms with van der Waals surface area (Å²) in [4.78, 5) is 9.49. The zero-order valence-corrected chi connectivity index (χ0v) is 19.0. The standard InChI is InChI=1S/C25H26N6O2/c1-14-7-17(5-4-6-26)8-15(2)20(14)33-22-19-16(3)30-31-21(19)27-23(28-22)29-25-11-24(12-25,13-25)18-9-32-10-18/h4-5,7-8,18H,9-13H2,1-3H3,(H2,27,28,29,30,31)/b5-4+. The van der Waals surface area contributed by atoms with Gasteiger partial charge in [0.15, 0.2) is 5.65 Å². The molecule has 3 aliphatic carbocycles. The van der Waals surface area contributed by atoms with Crippen molar-refractivity contribution in [3.05, 3.63) is 40.6 Å². The summed E-state index contributed by atoms with van der Waals surface area (Å²) in [6.07, 6.45) is 6.74. The Morgan fingerprint density at radius 1 is 1.18 bits per heavy atom. The molecular weight excluding hydrogens is 416 g/mol. The lowest BCUT2D eigenvalue weighted by atomic mass is 9.35. The number of benzene rings is 1. The number of nitrogens with zero attached hydrogens (tertiary/aromatic N) is 4. The first-order valence-electron chi connectivity index (χ1n) is 11.3. The second-order valence-corrected chi connectivity index (χ2v) is 9.97. The molecule has 1 saturated heterocycles. The summed E-state index contributed by atoms with van der Waals surface area (Å²) < 4.78 is 11.8. The van der Waals surface area contributed by atoms with E-state index in [0.717, 1.165) is 71.9 Å². The predicted molar refractivity (Wildman–Crippen MR) is 124 cm³/mol. The fourth-order valence-corrected chi connectivity index (χ4v) is 5.90. The lowest BCUT2D eigenvalue weighted by Crippen LogP contribution is -2.75. The summed E-state index contributed by atoms with van der Waals surface area (Å²) in [7, 11) is 0. The Balaban J connectivity index is 1.30. The van der Waals surface area contributed by atoms with Crippen LogP contribution >= 0.6 is 0 Å². The molecule has 2 aromatic heterocycles. The van der Waals surface area contributed by atoms with Crippen LogP contribution in [0.25, 0.3) is 17.1 Å². The summed E-state index contributed by atoms with van der Waals surface area (Å²) in [5.41, 5.74) is 4.93. The van der Waals surface area contributed by atoms with Crippen molar-refractivity contribution in [2.45, 2.75) is 45.6 Å². The van der Waals surface area contributed by atoms with Crippen molar-refractivity contribution >= 4 is 23.1 Å². The molecule has 1 aliphatic heterocycles. The van der Waals surface area contributed by atoms with Crippen LogP contribution in [0.3, 0.4) is 0 Å². The average Bonchev–Trinajstić information content (AvgIpc) is 3.06. The van der Waals surface area contributed by atoms with E-state index in [0.29, 0.717) is 22.9 Å². The number of aromatic nitrogens is 4. The van der Waals surface area contributed by atoms with Crippen molar-refractivity contribution in [1.29, 1.82) is 5.26 Å². The first-order valence-corrected chi connectivity index (χ1v) is 11.3. The molecule has 0 spiro atoms. The van der Waals surface area contributed by atoms with Crippen molar-refractivity contribution in [1.82, 2.24) is 20.2 Å². The Morgan fingerprint density at radius 2 is 1.91 bits per heavy atom. The van der Waals surface area contributed by atoms with Gasteiger partial charge in [0.05, 0.1) is 25.0 Å². The maximum absolute atomic E-state index is 8.81. The Bertz CT molecular complexity index is 1300. The molecule has 1 aromatic carbocycles. The summed E-state index contributed by atoms with van der Waals surface area (Å²) >= 11 is 0. The highest BCUT2D eigenvalue weighted by atomic mass is 16.5. The number of hydrogen-bond donors (Lipinski definition) is 2. The Kier molecular flexibility index (Phi) is 4.30. The molecule has 3 saturated carbocycles. The Labute approximate surface area is 192 Å². The van der Waals surface area contributed by atoms with Gasteiger partial charge in [0, 0.05) is 17.5 Å². The molecular formula is C25H26N6O2. The number of ether oxygens (including phenoxy) is 2. The topological polar surface area (TPSA) is 109 Å². The van der Waals surface area contributed by atoms with E-state index in [4.69, 9.17) is 24.7 Å². The van der Waals surface area contributed by atoms with Crippen molar-refractivity contribution < 1.29 is 9.47 Å². The van der Waals surface area contributed by atoms with Crippen molar-refractivity contribution in [2.24, 2.45) is 11.3 Å². The number of aromatic amines is 1. The van der Waals surface area contributed by atoms with Crippen LogP contribution in [-0.4, -0.2) is 38.9 Å². The molecule has 0 unspecified atom stereocenters. The van der Waals surface area contributed by atoms with E-state index in [1.54, 1.807) is 6.08 Å². The SMILES string of the molecule is Cc1cc(/C=C/C#N)cc(C)c1Oc1nc(NC23CC(C4COC4)(C2)C3)nc2[nH]nc(C)c12. The molecule has 3 heterocycles. The number of allylic oxidation sites excluding steroid dienone is 1. The quantitative estimate of drug-likeness (QED) is 0.538. The first kappa shape index (κ1) is 20.2. The van der Waals surface area contributed by atoms with Gasteiger partial charge in [0.2, 0.25) is 11.8 Å². The van der Waals surface area contributed by atoms with Gasteiger partial charge in [0.1, 0.15) is 11.1 Å². The van der Waals surface area contributed by atoms with E-state index in [1.807, 2.05) is 39.0 Å². The zero-order chi connectivity index (χ0) is 22.8. The molecule has 7 rings (SSSR count). The summed E-state index contributed by atoms with van der Waals surface area (Å²) in [5.74, 6) is 2.54. The number of aryl methyl sites for hydroxylation is 3. The van der Waals surface area contributed by atoms with Crippen molar-refractivity contribution in [3.8, 4) is 17.7 Å². The van der Waals surface area contributed by atoms with Gasteiger partial charge in [-0.05, 0) is 80.3 Å². The summed E-state index contributed by atoms with van der Waals surface area (Å²) in [6, 6.07) is 6.04. The smallest absolute Gasteiger partial charge is 0.235 e. The van der Waals surface area contributed by atoms with Gasteiger partial charge in [-0.2, -0.15) is 20.3 Å². The highest BCUT2D eigenvalue weighted by molar-refractivity contribution is 5.84. The zero-order valence-electron chi connectivity index (χ0n) is 19.0. The minimum Gasteiger partial charge on any atom is -0.437 e. The molecule has 0 amide bonds. The van der Waals surface area contributed by atoms with E-state index in [2.05, 4.69) is 15.5 Å². The summed E-state index contributed by atoms with van der Waals surface area (Å²) in [5, 5.41) is 20.6. The van der Waals surface area contributed by atoms with E-state index < -0.39 is 0 Å². The minimum atomic E-state index is 0.0934. The molecule has 3 aromatic rings. The van der Waals surface area contributed by atoms with Gasteiger partial charge < -0.3 is 14.8 Å². The van der Waals surface area contributed by atoms with E-state index in [-0.39, 0.29) is 5.54 Å². The van der Waals surface area contributed by atoms with Gasteiger partial charge in [-0.1, -0.05) is 0 Å². The molecule has 168 valence electrons. The fourth-order valence-electron chi connectivity index (χ4n) is 5.90.